The lowest BCUT2D eigenvalue weighted by Crippen LogP contribution is -2.24. The Morgan fingerprint density at radius 2 is 2.18 bits per heavy atom. The number of hydrogen-bond acceptors (Lipinski definition) is 4. The number of rotatable bonds is 3. The number of aromatic nitrogens is 1. The zero-order valence-corrected chi connectivity index (χ0v) is 9.52. The molecule has 0 unspecified atom stereocenters. The van der Waals surface area contributed by atoms with Gasteiger partial charge < -0.3 is 16.2 Å². The molecule has 0 fully saturated rings. The molecule has 17 heavy (non-hydrogen) atoms. The van der Waals surface area contributed by atoms with Crippen molar-refractivity contribution in [3.63, 3.8) is 0 Å². The van der Waals surface area contributed by atoms with Gasteiger partial charge in [-0.25, -0.2) is 9.78 Å². The van der Waals surface area contributed by atoms with Crippen LogP contribution in [-0.4, -0.2) is 22.0 Å². The van der Waals surface area contributed by atoms with Crippen LogP contribution in [0.2, 0.25) is 0 Å². The van der Waals surface area contributed by atoms with Crippen molar-refractivity contribution < 1.29 is 14.7 Å². The lowest BCUT2D eigenvalue weighted by molar-refractivity contribution is -0.134. The molecule has 1 heterocycles. The number of nitrogen functional groups attached to an aromatic ring is 1. The van der Waals surface area contributed by atoms with E-state index < -0.39 is 11.9 Å². The van der Waals surface area contributed by atoms with E-state index in [4.69, 9.17) is 10.8 Å². The molecule has 0 spiro atoms. The Labute approximate surface area is 98.2 Å². The van der Waals surface area contributed by atoms with Gasteiger partial charge in [-0.1, -0.05) is 0 Å². The Kier molecular flexibility index (Phi) is 3.82. The van der Waals surface area contributed by atoms with Gasteiger partial charge in [-0.15, -0.1) is 0 Å². The summed E-state index contributed by atoms with van der Waals surface area (Å²) in [6.45, 7) is 3.00. The van der Waals surface area contributed by atoms with Crippen LogP contribution in [0.25, 0.3) is 6.08 Å². The van der Waals surface area contributed by atoms with E-state index in [0.29, 0.717) is 11.4 Å². The number of hydrogen-bond donors (Lipinski definition) is 3. The molecule has 1 amide bonds. The van der Waals surface area contributed by atoms with Crippen LogP contribution < -0.4 is 11.1 Å². The van der Waals surface area contributed by atoms with Crippen LogP contribution in [0.1, 0.15) is 18.1 Å². The molecular formula is C11H13N3O3. The number of aliphatic carboxylic acids is 1. The van der Waals surface area contributed by atoms with Gasteiger partial charge in [-0.3, -0.25) is 4.79 Å². The van der Waals surface area contributed by atoms with E-state index in [9.17, 15) is 9.59 Å². The monoisotopic (exact) mass is 235 g/mol. The van der Waals surface area contributed by atoms with Crippen molar-refractivity contribution >= 4 is 23.8 Å². The van der Waals surface area contributed by atoms with Gasteiger partial charge in [0.2, 0.25) is 5.91 Å². The number of nitrogens with zero attached hydrogens (tertiary/aromatic N) is 1. The highest BCUT2D eigenvalue weighted by Gasteiger charge is 2.09. The molecule has 0 radical (unpaired) electrons. The number of anilines is 1. The second-order valence-electron chi connectivity index (χ2n) is 3.52. The minimum Gasteiger partial charge on any atom is -0.477 e. The molecule has 0 saturated carbocycles. The van der Waals surface area contributed by atoms with Crippen molar-refractivity contribution in [1.82, 2.24) is 10.3 Å². The van der Waals surface area contributed by atoms with E-state index in [1.54, 1.807) is 13.0 Å². The third kappa shape index (κ3) is 3.60. The number of nitrogens with one attached hydrogen (secondary N) is 1. The minimum absolute atomic E-state index is 0.205. The second kappa shape index (κ2) is 5.11. The van der Waals surface area contributed by atoms with E-state index in [2.05, 4.69) is 10.3 Å². The lowest BCUT2D eigenvalue weighted by Gasteiger charge is -2.04. The highest BCUT2D eigenvalue weighted by atomic mass is 16.4. The van der Waals surface area contributed by atoms with Crippen LogP contribution in [0.15, 0.2) is 18.0 Å². The summed E-state index contributed by atoms with van der Waals surface area (Å²) in [5.41, 5.74) is 6.64. The molecule has 0 atom stereocenters. The van der Waals surface area contributed by atoms with Crippen molar-refractivity contribution in [2.45, 2.75) is 13.8 Å². The average molecular weight is 235 g/mol. The Balaban J connectivity index is 3.08. The summed E-state index contributed by atoms with van der Waals surface area (Å²) in [5, 5.41) is 11.1. The van der Waals surface area contributed by atoms with Gasteiger partial charge in [-0.05, 0) is 30.2 Å². The molecule has 1 aromatic heterocycles. The predicted octanol–water partition coefficient (Wildman–Crippen LogP) is 0.534. The molecule has 0 aliphatic carbocycles. The third-order valence-electron chi connectivity index (χ3n) is 1.99. The standard InChI is InChI=1S/C11H13N3O3/c1-6-3-8(5-13-10(6)12)4-9(11(16)17)14-7(2)15/h3-5H,1-2H3,(H2,12,13)(H,14,15)(H,16,17)/b9-4-. The largest absolute Gasteiger partial charge is 0.477 e. The first-order valence-electron chi connectivity index (χ1n) is 4.85. The topological polar surface area (TPSA) is 105 Å². The first kappa shape index (κ1) is 12.7. The molecule has 90 valence electrons. The number of carbonyl (C=O) groups excluding carboxylic acids is 1. The van der Waals surface area contributed by atoms with E-state index in [1.165, 1.54) is 19.2 Å². The van der Waals surface area contributed by atoms with Gasteiger partial charge in [0.25, 0.3) is 0 Å². The van der Waals surface area contributed by atoms with Crippen LogP contribution in [0, 0.1) is 6.92 Å². The number of carboxylic acids is 1. The Morgan fingerprint density at radius 1 is 1.53 bits per heavy atom. The molecule has 1 aromatic rings. The zero-order valence-electron chi connectivity index (χ0n) is 9.52. The lowest BCUT2D eigenvalue weighted by atomic mass is 10.2. The highest BCUT2D eigenvalue weighted by Crippen LogP contribution is 2.11. The van der Waals surface area contributed by atoms with Gasteiger partial charge in [-0.2, -0.15) is 0 Å². The van der Waals surface area contributed by atoms with Gasteiger partial charge in [0.05, 0.1) is 0 Å². The first-order chi connectivity index (χ1) is 7.90. The number of pyridine rings is 1. The Hall–Kier alpha value is -2.37. The highest BCUT2D eigenvalue weighted by molar-refractivity contribution is 5.96. The molecule has 0 aliphatic rings. The fourth-order valence-corrected chi connectivity index (χ4v) is 1.19. The zero-order chi connectivity index (χ0) is 13.0. The number of amides is 1. The van der Waals surface area contributed by atoms with Crippen LogP contribution >= 0.6 is 0 Å². The normalized spacial score (nSPS) is 11.1. The summed E-state index contributed by atoms with van der Waals surface area (Å²) in [5.74, 6) is -1.27. The fraction of sp³-hybridized carbons (Fsp3) is 0.182. The average Bonchev–Trinajstić information content (AvgIpc) is 2.21. The third-order valence-corrected chi connectivity index (χ3v) is 1.99. The van der Waals surface area contributed by atoms with Gasteiger partial charge in [0.15, 0.2) is 0 Å². The van der Waals surface area contributed by atoms with Crippen molar-refractivity contribution in [3.8, 4) is 0 Å². The number of aryl methyl sites for hydroxylation is 1. The number of nitrogens with two attached hydrogens (primary N) is 1. The quantitative estimate of drug-likeness (QED) is 0.663. The van der Waals surface area contributed by atoms with Gasteiger partial charge >= 0.3 is 5.97 Å². The maximum absolute atomic E-state index is 10.9. The summed E-state index contributed by atoms with van der Waals surface area (Å²) >= 11 is 0. The first-order valence-corrected chi connectivity index (χ1v) is 4.85. The SMILES string of the molecule is CC(=O)N/C(=C\c1cnc(N)c(C)c1)C(=O)O. The Morgan fingerprint density at radius 3 is 2.65 bits per heavy atom. The molecule has 4 N–H and O–H groups in total. The maximum Gasteiger partial charge on any atom is 0.352 e. The molecule has 6 nitrogen and oxygen atoms in total. The molecule has 0 bridgehead atoms. The fourth-order valence-electron chi connectivity index (χ4n) is 1.19. The molecule has 0 aromatic carbocycles. The molecular weight excluding hydrogens is 222 g/mol. The second-order valence-corrected chi connectivity index (χ2v) is 3.52. The number of carboxylic acid groups (broad SMARTS) is 1. The predicted molar refractivity (Wildman–Crippen MR) is 62.8 cm³/mol. The van der Waals surface area contributed by atoms with Crippen molar-refractivity contribution in [1.29, 1.82) is 0 Å². The summed E-state index contributed by atoms with van der Waals surface area (Å²) in [6, 6.07) is 1.69. The van der Waals surface area contributed by atoms with Crippen molar-refractivity contribution in [2.24, 2.45) is 0 Å². The summed E-state index contributed by atoms with van der Waals surface area (Å²) < 4.78 is 0. The van der Waals surface area contributed by atoms with Crippen LogP contribution in [0.5, 0.6) is 0 Å². The van der Waals surface area contributed by atoms with E-state index in [-0.39, 0.29) is 5.70 Å². The number of carbonyl (C=O) groups is 2. The van der Waals surface area contributed by atoms with E-state index in [1.807, 2.05) is 0 Å². The molecule has 0 aliphatic heterocycles. The van der Waals surface area contributed by atoms with Gasteiger partial charge in [0, 0.05) is 13.1 Å². The van der Waals surface area contributed by atoms with E-state index in [0.717, 1.165) is 5.56 Å². The van der Waals surface area contributed by atoms with Gasteiger partial charge in [0.1, 0.15) is 11.5 Å². The smallest absolute Gasteiger partial charge is 0.352 e. The summed E-state index contributed by atoms with van der Waals surface area (Å²) in [6.07, 6.45) is 2.76. The molecule has 0 saturated heterocycles. The van der Waals surface area contributed by atoms with E-state index >= 15 is 0 Å². The molecule has 6 heteroatoms. The van der Waals surface area contributed by atoms with Crippen LogP contribution in [-0.2, 0) is 9.59 Å². The summed E-state index contributed by atoms with van der Waals surface area (Å²) in [4.78, 5) is 25.6. The Bertz CT molecular complexity index is 495. The maximum atomic E-state index is 10.9. The summed E-state index contributed by atoms with van der Waals surface area (Å²) in [7, 11) is 0. The van der Waals surface area contributed by atoms with Crippen LogP contribution in [0.4, 0.5) is 5.82 Å². The van der Waals surface area contributed by atoms with Crippen LogP contribution in [0.3, 0.4) is 0 Å². The van der Waals surface area contributed by atoms with Crippen molar-refractivity contribution in [3.05, 3.63) is 29.1 Å². The van der Waals surface area contributed by atoms with Crippen molar-refractivity contribution in [2.75, 3.05) is 5.73 Å². The molecule has 1 rings (SSSR count). The minimum atomic E-state index is -1.21.